The highest BCUT2D eigenvalue weighted by atomic mass is 127. The highest BCUT2D eigenvalue weighted by molar-refractivity contribution is 14.1. The summed E-state index contributed by atoms with van der Waals surface area (Å²) >= 11 is 2.18. The Labute approximate surface area is 165 Å². The van der Waals surface area contributed by atoms with Crippen molar-refractivity contribution >= 4 is 46.2 Å². The van der Waals surface area contributed by atoms with Gasteiger partial charge in [0, 0.05) is 16.2 Å². The fourth-order valence-corrected chi connectivity index (χ4v) is 2.55. The average molecular weight is 466 g/mol. The minimum atomic E-state index is -0.420. The second-order valence-electron chi connectivity index (χ2n) is 5.31. The number of halogens is 1. The normalized spacial score (nSPS) is 10.8. The molecule has 0 spiro atoms. The summed E-state index contributed by atoms with van der Waals surface area (Å²) in [5, 5.41) is 5.33. The van der Waals surface area contributed by atoms with Crippen molar-refractivity contribution in [3.05, 3.63) is 57.3 Å². The number of rotatable bonds is 6. The van der Waals surface area contributed by atoms with Gasteiger partial charge in [0.2, 0.25) is 5.91 Å². The molecule has 6 nitrogen and oxygen atoms in total. The van der Waals surface area contributed by atoms with E-state index in [1.54, 1.807) is 43.5 Å². The van der Waals surface area contributed by atoms with E-state index in [0.717, 1.165) is 3.57 Å². The van der Waals surface area contributed by atoms with Crippen molar-refractivity contribution in [2.24, 2.45) is 0 Å². The van der Waals surface area contributed by atoms with Crippen LogP contribution in [0.15, 0.2) is 48.2 Å². The van der Waals surface area contributed by atoms with E-state index < -0.39 is 5.91 Å². The summed E-state index contributed by atoms with van der Waals surface area (Å²) in [6.07, 6.45) is 1.57. The molecule has 0 aromatic heterocycles. The lowest BCUT2D eigenvalue weighted by Gasteiger charge is -2.11. The Balaban J connectivity index is 2.30. The van der Waals surface area contributed by atoms with Crippen molar-refractivity contribution in [1.29, 1.82) is 0 Å². The molecule has 0 aliphatic heterocycles. The van der Waals surface area contributed by atoms with Gasteiger partial charge in [-0.1, -0.05) is 6.07 Å². The zero-order chi connectivity index (χ0) is 19.1. The minimum Gasteiger partial charge on any atom is -0.493 e. The van der Waals surface area contributed by atoms with E-state index in [2.05, 4.69) is 33.2 Å². The fraction of sp³-hybridized carbons (Fsp3) is 0.158. The van der Waals surface area contributed by atoms with Crippen LogP contribution < -0.4 is 20.1 Å². The third kappa shape index (κ3) is 5.48. The SMILES string of the molecule is COc1ccc(/C=C(/NC(C)=O)C(=O)Nc2ccc(I)cc2)cc1OC. The molecule has 2 aromatic carbocycles. The smallest absolute Gasteiger partial charge is 0.272 e. The first-order valence-corrected chi connectivity index (χ1v) is 8.79. The lowest BCUT2D eigenvalue weighted by Crippen LogP contribution is -2.28. The molecular formula is C19H19IN2O4. The lowest BCUT2D eigenvalue weighted by atomic mass is 10.1. The van der Waals surface area contributed by atoms with E-state index in [0.29, 0.717) is 22.7 Å². The summed E-state index contributed by atoms with van der Waals surface area (Å²) in [5.74, 6) is 0.348. The summed E-state index contributed by atoms with van der Waals surface area (Å²) in [7, 11) is 3.08. The van der Waals surface area contributed by atoms with E-state index in [1.807, 2.05) is 12.1 Å². The molecule has 0 radical (unpaired) electrons. The van der Waals surface area contributed by atoms with Crippen LogP contribution in [-0.4, -0.2) is 26.0 Å². The summed E-state index contributed by atoms with van der Waals surface area (Å²) in [5.41, 5.74) is 1.45. The number of amides is 2. The molecule has 0 atom stereocenters. The zero-order valence-corrected chi connectivity index (χ0v) is 16.8. The van der Waals surface area contributed by atoms with Crippen LogP contribution in [-0.2, 0) is 9.59 Å². The molecule has 0 aliphatic rings. The van der Waals surface area contributed by atoms with Crippen LogP contribution in [0.1, 0.15) is 12.5 Å². The topological polar surface area (TPSA) is 76.7 Å². The van der Waals surface area contributed by atoms with E-state index in [-0.39, 0.29) is 11.6 Å². The number of nitrogens with one attached hydrogen (secondary N) is 2. The Morgan fingerprint density at radius 3 is 2.23 bits per heavy atom. The standard InChI is InChI=1S/C19H19IN2O4/c1-12(23)21-16(19(24)22-15-7-5-14(20)6-8-15)10-13-4-9-17(25-2)18(11-13)26-3/h4-11H,1-3H3,(H,21,23)(H,22,24)/b16-10+. The highest BCUT2D eigenvalue weighted by Gasteiger charge is 2.13. The van der Waals surface area contributed by atoms with Crippen molar-refractivity contribution in [2.45, 2.75) is 6.92 Å². The summed E-state index contributed by atoms with van der Waals surface area (Å²) in [6.45, 7) is 1.35. The molecule has 0 heterocycles. The van der Waals surface area contributed by atoms with Gasteiger partial charge in [-0.15, -0.1) is 0 Å². The van der Waals surface area contributed by atoms with E-state index >= 15 is 0 Å². The molecular weight excluding hydrogens is 447 g/mol. The van der Waals surface area contributed by atoms with Crippen molar-refractivity contribution in [3.8, 4) is 11.5 Å². The predicted molar refractivity (Wildman–Crippen MR) is 109 cm³/mol. The Kier molecular flexibility index (Phi) is 7.02. The van der Waals surface area contributed by atoms with Crippen LogP contribution >= 0.6 is 22.6 Å². The number of anilines is 1. The van der Waals surface area contributed by atoms with E-state index in [1.165, 1.54) is 14.0 Å². The summed E-state index contributed by atoms with van der Waals surface area (Å²) < 4.78 is 11.5. The van der Waals surface area contributed by atoms with Gasteiger partial charge in [0.1, 0.15) is 5.70 Å². The molecule has 0 saturated carbocycles. The molecule has 0 bridgehead atoms. The largest absolute Gasteiger partial charge is 0.493 e. The number of ether oxygens (including phenoxy) is 2. The maximum absolute atomic E-state index is 12.6. The third-order valence-corrected chi connectivity index (χ3v) is 4.10. The molecule has 2 aromatic rings. The molecule has 0 unspecified atom stereocenters. The van der Waals surface area contributed by atoms with Gasteiger partial charge in [0.05, 0.1) is 14.2 Å². The van der Waals surface area contributed by atoms with Gasteiger partial charge in [-0.2, -0.15) is 0 Å². The number of hydrogen-bond acceptors (Lipinski definition) is 4. The van der Waals surface area contributed by atoms with Gasteiger partial charge in [-0.25, -0.2) is 0 Å². The fourth-order valence-electron chi connectivity index (χ4n) is 2.19. The number of benzene rings is 2. The summed E-state index contributed by atoms with van der Waals surface area (Å²) in [4.78, 5) is 24.1. The van der Waals surface area contributed by atoms with Gasteiger partial charge in [-0.05, 0) is 70.6 Å². The maximum atomic E-state index is 12.6. The third-order valence-electron chi connectivity index (χ3n) is 3.38. The molecule has 26 heavy (non-hydrogen) atoms. The van der Waals surface area contributed by atoms with Gasteiger partial charge in [0.15, 0.2) is 11.5 Å². The molecule has 0 fully saturated rings. The molecule has 136 valence electrons. The van der Waals surface area contributed by atoms with E-state index in [9.17, 15) is 9.59 Å². The maximum Gasteiger partial charge on any atom is 0.272 e. The first-order valence-electron chi connectivity index (χ1n) is 7.71. The lowest BCUT2D eigenvalue weighted by molar-refractivity contribution is -0.120. The first kappa shape index (κ1) is 19.8. The second-order valence-corrected chi connectivity index (χ2v) is 6.56. The predicted octanol–water partition coefficient (Wildman–Crippen LogP) is 3.42. The van der Waals surface area contributed by atoms with Crippen molar-refractivity contribution in [1.82, 2.24) is 5.32 Å². The van der Waals surface area contributed by atoms with Gasteiger partial charge in [-0.3, -0.25) is 9.59 Å². The van der Waals surface area contributed by atoms with Crippen molar-refractivity contribution in [2.75, 3.05) is 19.5 Å². The Bertz CT molecular complexity index is 832. The number of carbonyl (C=O) groups is 2. The van der Waals surface area contributed by atoms with Crippen LogP contribution in [0.5, 0.6) is 11.5 Å². The van der Waals surface area contributed by atoms with Crippen LogP contribution in [0.3, 0.4) is 0 Å². The molecule has 2 rings (SSSR count). The molecule has 2 N–H and O–H groups in total. The average Bonchev–Trinajstić information content (AvgIpc) is 2.62. The molecule has 0 aliphatic carbocycles. The Morgan fingerprint density at radius 1 is 1.00 bits per heavy atom. The second kappa shape index (κ2) is 9.23. The monoisotopic (exact) mass is 466 g/mol. The van der Waals surface area contributed by atoms with Crippen molar-refractivity contribution < 1.29 is 19.1 Å². The van der Waals surface area contributed by atoms with Gasteiger partial charge in [0.25, 0.3) is 5.91 Å². The minimum absolute atomic E-state index is 0.128. The van der Waals surface area contributed by atoms with Crippen LogP contribution in [0.2, 0.25) is 0 Å². The van der Waals surface area contributed by atoms with Gasteiger partial charge >= 0.3 is 0 Å². The number of carbonyl (C=O) groups excluding carboxylic acids is 2. The summed E-state index contributed by atoms with van der Waals surface area (Å²) in [6, 6.07) is 12.6. The quantitative estimate of drug-likeness (QED) is 0.506. The van der Waals surface area contributed by atoms with Crippen LogP contribution in [0.4, 0.5) is 5.69 Å². The Hall–Kier alpha value is -2.55. The first-order chi connectivity index (χ1) is 12.4. The zero-order valence-electron chi connectivity index (χ0n) is 14.6. The van der Waals surface area contributed by atoms with Gasteiger partial charge < -0.3 is 20.1 Å². The molecule has 7 heteroatoms. The molecule has 0 saturated heterocycles. The number of methoxy groups -OCH3 is 2. The Morgan fingerprint density at radius 2 is 1.65 bits per heavy atom. The van der Waals surface area contributed by atoms with Crippen LogP contribution in [0, 0.1) is 3.57 Å². The van der Waals surface area contributed by atoms with Crippen LogP contribution in [0.25, 0.3) is 6.08 Å². The van der Waals surface area contributed by atoms with E-state index in [4.69, 9.17) is 9.47 Å². The highest BCUT2D eigenvalue weighted by Crippen LogP contribution is 2.28. The number of hydrogen-bond donors (Lipinski definition) is 2. The molecule has 2 amide bonds. The van der Waals surface area contributed by atoms with Crippen molar-refractivity contribution in [3.63, 3.8) is 0 Å².